The van der Waals surface area contributed by atoms with Gasteiger partial charge in [0.1, 0.15) is 11.5 Å². The number of fused-ring (bicyclic) bond motifs is 1. The fourth-order valence-electron chi connectivity index (χ4n) is 3.88. The maximum atomic E-state index is 12.8. The van der Waals surface area contributed by atoms with E-state index < -0.39 is 0 Å². The highest BCUT2D eigenvalue weighted by Gasteiger charge is 2.25. The van der Waals surface area contributed by atoms with E-state index in [2.05, 4.69) is 26.1 Å². The molecule has 1 amide bonds. The number of nitrogens with one attached hydrogen (secondary N) is 1. The van der Waals surface area contributed by atoms with Crippen molar-refractivity contribution < 1.29 is 13.6 Å². The van der Waals surface area contributed by atoms with Gasteiger partial charge in [0.05, 0.1) is 17.8 Å². The monoisotopic (exact) mass is 433 g/mol. The summed E-state index contributed by atoms with van der Waals surface area (Å²) in [4.78, 5) is 15.2. The van der Waals surface area contributed by atoms with Crippen LogP contribution in [-0.4, -0.2) is 35.0 Å². The van der Waals surface area contributed by atoms with Crippen molar-refractivity contribution in [3.05, 3.63) is 46.7 Å². The lowest BCUT2D eigenvalue weighted by molar-refractivity contribution is 0.0919. The van der Waals surface area contributed by atoms with E-state index in [4.69, 9.17) is 8.83 Å². The van der Waals surface area contributed by atoms with Crippen molar-refractivity contribution in [2.24, 2.45) is 7.05 Å². The molecule has 1 unspecified atom stereocenters. The normalized spacial score (nSPS) is 17.1. The Morgan fingerprint density at radius 1 is 1.26 bits per heavy atom. The Bertz CT molecular complexity index is 905. The predicted octanol–water partition coefficient (Wildman–Crippen LogP) is 4.47. The number of hydrogen-bond acceptors (Lipinski definition) is 4. The molecule has 3 aromatic rings. The van der Waals surface area contributed by atoms with Crippen LogP contribution in [0.4, 0.5) is 0 Å². The number of aryl methyl sites for hydroxylation is 1. The largest absolute Gasteiger partial charge is 0.468 e. The van der Waals surface area contributed by atoms with Gasteiger partial charge in [-0.2, -0.15) is 0 Å². The molecule has 3 aromatic heterocycles. The van der Waals surface area contributed by atoms with Crippen molar-refractivity contribution in [1.29, 1.82) is 0 Å². The molecular weight excluding hydrogens is 410 g/mol. The summed E-state index contributed by atoms with van der Waals surface area (Å²) in [5.74, 6) is 0.799. The molecule has 1 aliphatic heterocycles. The standard InChI is InChI=1S/C20H24BrN3O3/c1-23-14-12-19(21)27-18(14)11-15(23)20(25)22-13-16(17-7-6-10-26-17)24-8-4-2-3-5-9-24/h6-7,10-12,16H,2-5,8-9,13H2,1H3,(H,22,25). The second-order valence-corrected chi connectivity index (χ2v) is 7.86. The molecule has 1 N–H and O–H groups in total. The number of hydrogen-bond donors (Lipinski definition) is 1. The molecule has 1 aliphatic rings. The van der Waals surface area contributed by atoms with Crippen molar-refractivity contribution in [2.75, 3.05) is 19.6 Å². The summed E-state index contributed by atoms with van der Waals surface area (Å²) in [7, 11) is 1.87. The molecule has 0 aromatic carbocycles. The van der Waals surface area contributed by atoms with Gasteiger partial charge in [0.25, 0.3) is 5.91 Å². The zero-order chi connectivity index (χ0) is 18.8. The van der Waals surface area contributed by atoms with Gasteiger partial charge in [-0.05, 0) is 54.0 Å². The number of carbonyl (C=O) groups excluding carboxylic acids is 1. The van der Waals surface area contributed by atoms with Crippen molar-refractivity contribution in [3.8, 4) is 0 Å². The van der Waals surface area contributed by atoms with E-state index in [0.29, 0.717) is 22.5 Å². The highest BCUT2D eigenvalue weighted by Crippen LogP contribution is 2.27. The lowest BCUT2D eigenvalue weighted by atomic mass is 10.1. The molecular formula is C20H24BrN3O3. The molecule has 0 saturated carbocycles. The summed E-state index contributed by atoms with van der Waals surface area (Å²) < 4.78 is 13.8. The van der Waals surface area contributed by atoms with Crippen LogP contribution in [0.15, 0.2) is 44.0 Å². The van der Waals surface area contributed by atoms with Gasteiger partial charge in [0.2, 0.25) is 0 Å². The predicted molar refractivity (Wildman–Crippen MR) is 107 cm³/mol. The number of likely N-dealkylation sites (tertiary alicyclic amines) is 1. The average Bonchev–Trinajstić information content (AvgIpc) is 3.30. The first-order valence-corrected chi connectivity index (χ1v) is 10.2. The Balaban J connectivity index is 1.50. The third kappa shape index (κ3) is 3.84. The molecule has 7 heteroatoms. The molecule has 27 heavy (non-hydrogen) atoms. The van der Waals surface area contributed by atoms with E-state index in [1.165, 1.54) is 25.7 Å². The zero-order valence-electron chi connectivity index (χ0n) is 15.4. The van der Waals surface area contributed by atoms with E-state index in [-0.39, 0.29) is 11.9 Å². The van der Waals surface area contributed by atoms with Crippen molar-refractivity contribution in [2.45, 2.75) is 31.7 Å². The quantitative estimate of drug-likeness (QED) is 0.644. The maximum Gasteiger partial charge on any atom is 0.268 e. The third-order valence-electron chi connectivity index (χ3n) is 5.34. The molecule has 0 spiro atoms. The molecule has 4 heterocycles. The number of rotatable bonds is 5. The van der Waals surface area contributed by atoms with Gasteiger partial charge in [0.15, 0.2) is 10.3 Å². The maximum absolute atomic E-state index is 12.8. The van der Waals surface area contributed by atoms with E-state index in [9.17, 15) is 4.79 Å². The number of carbonyl (C=O) groups is 1. The molecule has 144 valence electrons. The van der Waals surface area contributed by atoms with Crippen molar-refractivity contribution in [1.82, 2.24) is 14.8 Å². The van der Waals surface area contributed by atoms with E-state index >= 15 is 0 Å². The van der Waals surface area contributed by atoms with Crippen LogP contribution in [0, 0.1) is 0 Å². The number of furan rings is 2. The molecule has 0 bridgehead atoms. The Hall–Kier alpha value is -1.99. The average molecular weight is 434 g/mol. The fraction of sp³-hybridized carbons (Fsp3) is 0.450. The first-order chi connectivity index (χ1) is 13.1. The van der Waals surface area contributed by atoms with Crippen LogP contribution in [0.1, 0.15) is 48.0 Å². The Morgan fingerprint density at radius 3 is 2.70 bits per heavy atom. The van der Waals surface area contributed by atoms with Crippen LogP contribution in [0.3, 0.4) is 0 Å². The minimum Gasteiger partial charge on any atom is -0.468 e. The Morgan fingerprint density at radius 2 is 2.04 bits per heavy atom. The lowest BCUT2D eigenvalue weighted by Gasteiger charge is -2.29. The number of nitrogens with zero attached hydrogens (tertiary/aromatic N) is 2. The van der Waals surface area contributed by atoms with E-state index in [0.717, 1.165) is 24.4 Å². The molecule has 1 saturated heterocycles. The first-order valence-electron chi connectivity index (χ1n) is 9.44. The Labute approximate surface area is 166 Å². The van der Waals surface area contributed by atoms with Gasteiger partial charge >= 0.3 is 0 Å². The van der Waals surface area contributed by atoms with Crippen LogP contribution in [0.25, 0.3) is 11.1 Å². The molecule has 1 atom stereocenters. The van der Waals surface area contributed by atoms with Crippen LogP contribution < -0.4 is 5.32 Å². The Kier molecular flexibility index (Phi) is 5.41. The number of halogens is 1. The topological polar surface area (TPSA) is 63.6 Å². The van der Waals surface area contributed by atoms with Crippen LogP contribution in [-0.2, 0) is 7.05 Å². The summed E-state index contributed by atoms with van der Waals surface area (Å²) >= 11 is 3.33. The van der Waals surface area contributed by atoms with Gasteiger partial charge in [-0.1, -0.05) is 12.8 Å². The highest BCUT2D eigenvalue weighted by molar-refractivity contribution is 9.10. The lowest BCUT2D eigenvalue weighted by Crippen LogP contribution is -2.39. The SMILES string of the molecule is Cn1c(C(=O)NCC(c2ccco2)N2CCCCCC2)cc2oc(Br)cc21. The van der Waals surface area contributed by atoms with Gasteiger partial charge in [-0.15, -0.1) is 0 Å². The summed E-state index contributed by atoms with van der Waals surface area (Å²) in [5.41, 5.74) is 2.18. The summed E-state index contributed by atoms with van der Waals surface area (Å²) in [5, 5.41) is 3.10. The van der Waals surface area contributed by atoms with Gasteiger partial charge in [-0.3, -0.25) is 9.69 Å². The van der Waals surface area contributed by atoms with Gasteiger partial charge < -0.3 is 18.7 Å². The minimum atomic E-state index is -0.105. The molecule has 4 rings (SSSR count). The van der Waals surface area contributed by atoms with Gasteiger partial charge in [0, 0.05) is 25.7 Å². The van der Waals surface area contributed by atoms with Crippen molar-refractivity contribution in [3.63, 3.8) is 0 Å². The fourth-order valence-corrected chi connectivity index (χ4v) is 4.27. The molecule has 0 radical (unpaired) electrons. The smallest absolute Gasteiger partial charge is 0.268 e. The van der Waals surface area contributed by atoms with Crippen LogP contribution in [0.5, 0.6) is 0 Å². The number of aromatic nitrogens is 1. The molecule has 6 nitrogen and oxygen atoms in total. The van der Waals surface area contributed by atoms with Gasteiger partial charge in [-0.25, -0.2) is 0 Å². The minimum absolute atomic E-state index is 0.0551. The number of amides is 1. The molecule has 0 aliphatic carbocycles. The van der Waals surface area contributed by atoms with E-state index in [1.807, 2.05) is 29.8 Å². The third-order valence-corrected chi connectivity index (χ3v) is 5.73. The molecule has 1 fully saturated rings. The highest BCUT2D eigenvalue weighted by atomic mass is 79.9. The summed E-state index contributed by atoms with van der Waals surface area (Å²) in [6.45, 7) is 2.58. The second-order valence-electron chi connectivity index (χ2n) is 7.08. The first kappa shape index (κ1) is 18.4. The second kappa shape index (κ2) is 7.94. The summed E-state index contributed by atoms with van der Waals surface area (Å²) in [6, 6.07) is 7.61. The van der Waals surface area contributed by atoms with Crippen LogP contribution >= 0.6 is 15.9 Å². The van der Waals surface area contributed by atoms with Crippen LogP contribution in [0.2, 0.25) is 0 Å². The van der Waals surface area contributed by atoms with E-state index in [1.54, 1.807) is 12.3 Å². The zero-order valence-corrected chi connectivity index (χ0v) is 17.0. The summed E-state index contributed by atoms with van der Waals surface area (Å²) in [6.07, 6.45) is 6.62. The van der Waals surface area contributed by atoms with Crippen molar-refractivity contribution >= 4 is 32.9 Å².